The summed E-state index contributed by atoms with van der Waals surface area (Å²) in [5, 5.41) is 0. The summed E-state index contributed by atoms with van der Waals surface area (Å²) in [5.41, 5.74) is 2.43. The van der Waals surface area contributed by atoms with Crippen LogP contribution in [0.25, 0.3) is 11.4 Å². The van der Waals surface area contributed by atoms with Gasteiger partial charge in [-0.05, 0) is 50.8 Å². The van der Waals surface area contributed by atoms with Crippen LogP contribution < -0.4 is 4.74 Å². The predicted molar refractivity (Wildman–Crippen MR) is 118 cm³/mol. The van der Waals surface area contributed by atoms with Crippen molar-refractivity contribution in [2.45, 2.75) is 44.7 Å². The van der Waals surface area contributed by atoms with Crippen molar-refractivity contribution < 1.29 is 13.9 Å². The number of carbonyl (C=O) groups is 1. The van der Waals surface area contributed by atoms with Crippen molar-refractivity contribution in [1.29, 1.82) is 0 Å². The molecule has 2 aliphatic rings. The lowest BCUT2D eigenvalue weighted by molar-refractivity contribution is 0.0403. The number of carbonyl (C=O) groups excluding carboxylic acids is 1. The van der Waals surface area contributed by atoms with E-state index in [9.17, 15) is 9.18 Å². The lowest BCUT2D eigenvalue weighted by atomic mass is 9.89. The largest absolute Gasteiger partial charge is 0.477 e. The van der Waals surface area contributed by atoms with Gasteiger partial charge in [0.25, 0.3) is 5.91 Å². The first kappa shape index (κ1) is 20.5. The molecule has 4 heterocycles. The van der Waals surface area contributed by atoms with Crippen molar-refractivity contribution >= 4 is 5.91 Å². The molecule has 1 amide bonds. The van der Waals surface area contributed by atoms with E-state index in [1.165, 1.54) is 12.1 Å². The number of amides is 1. The van der Waals surface area contributed by atoms with Gasteiger partial charge >= 0.3 is 0 Å². The van der Waals surface area contributed by atoms with E-state index in [4.69, 9.17) is 4.74 Å². The van der Waals surface area contributed by atoms with Gasteiger partial charge in [-0.1, -0.05) is 17.7 Å². The molecule has 3 aromatic rings. The second-order valence-electron chi connectivity index (χ2n) is 8.60. The maximum absolute atomic E-state index is 13.8. The molecule has 2 saturated heterocycles. The minimum Gasteiger partial charge on any atom is -0.477 e. The monoisotopic (exact) mass is 432 g/mol. The summed E-state index contributed by atoms with van der Waals surface area (Å²) in [6, 6.07) is 10.9. The van der Waals surface area contributed by atoms with E-state index in [-0.39, 0.29) is 29.7 Å². The highest BCUT2D eigenvalue weighted by atomic mass is 19.1. The fourth-order valence-corrected chi connectivity index (χ4v) is 5.02. The van der Waals surface area contributed by atoms with Crippen molar-refractivity contribution in [3.63, 3.8) is 0 Å². The quantitative estimate of drug-likeness (QED) is 0.596. The molecule has 0 radical (unpaired) electrons. The Morgan fingerprint density at radius 2 is 1.91 bits per heavy atom. The van der Waals surface area contributed by atoms with Crippen LogP contribution in [0.4, 0.5) is 4.39 Å². The molecule has 2 bridgehead atoms. The Kier molecular flexibility index (Phi) is 5.55. The first-order valence-electron chi connectivity index (χ1n) is 11.0. The average Bonchev–Trinajstić information content (AvgIpc) is 3.13. The second-order valence-corrected chi connectivity index (χ2v) is 8.60. The fraction of sp³-hybridized carbons (Fsp3) is 0.360. The zero-order chi connectivity index (χ0) is 22.1. The highest BCUT2D eigenvalue weighted by molar-refractivity contribution is 6.01. The smallest absolute Gasteiger partial charge is 0.255 e. The number of hydrogen-bond acceptors (Lipinski definition) is 5. The number of aryl methyl sites for hydroxylation is 1. The van der Waals surface area contributed by atoms with E-state index in [0.717, 1.165) is 43.0 Å². The second kappa shape index (κ2) is 8.65. The highest BCUT2D eigenvalue weighted by Gasteiger charge is 2.45. The molecule has 0 N–H and O–H groups in total. The number of piperidine rings is 1. The van der Waals surface area contributed by atoms with Gasteiger partial charge in [0, 0.05) is 42.0 Å². The van der Waals surface area contributed by atoms with Crippen LogP contribution in [0.3, 0.4) is 0 Å². The Morgan fingerprint density at radius 1 is 1.09 bits per heavy atom. The van der Waals surface area contributed by atoms with E-state index in [1.807, 2.05) is 25.1 Å². The third-order valence-electron chi connectivity index (χ3n) is 6.55. The van der Waals surface area contributed by atoms with Gasteiger partial charge in [-0.25, -0.2) is 19.3 Å². The summed E-state index contributed by atoms with van der Waals surface area (Å²) >= 11 is 0. The lowest BCUT2D eigenvalue weighted by Crippen LogP contribution is -2.49. The van der Waals surface area contributed by atoms with Crippen molar-refractivity contribution in [3.8, 4) is 17.3 Å². The number of pyridine rings is 1. The minimum absolute atomic E-state index is 0.0354. The molecule has 5 rings (SSSR count). The summed E-state index contributed by atoms with van der Waals surface area (Å²) in [6.45, 7) is 2.45. The van der Waals surface area contributed by atoms with Gasteiger partial charge in [0.2, 0.25) is 5.88 Å². The lowest BCUT2D eigenvalue weighted by Gasteiger charge is -2.40. The van der Waals surface area contributed by atoms with Crippen molar-refractivity contribution in [1.82, 2.24) is 19.9 Å². The number of ether oxygens (including phenoxy) is 1. The van der Waals surface area contributed by atoms with Crippen LogP contribution in [0.1, 0.15) is 41.6 Å². The Labute approximate surface area is 186 Å². The van der Waals surface area contributed by atoms with Gasteiger partial charge in [0.1, 0.15) is 5.82 Å². The van der Waals surface area contributed by atoms with Crippen molar-refractivity contribution in [2.75, 3.05) is 6.61 Å². The van der Waals surface area contributed by atoms with Gasteiger partial charge in [-0.3, -0.25) is 4.79 Å². The maximum atomic E-state index is 13.8. The molecule has 0 aliphatic carbocycles. The number of nitrogens with zero attached hydrogens (tertiary/aromatic N) is 4. The topological polar surface area (TPSA) is 68.2 Å². The van der Waals surface area contributed by atoms with E-state index < -0.39 is 0 Å². The first-order chi connectivity index (χ1) is 15.6. The molecule has 164 valence electrons. The van der Waals surface area contributed by atoms with Gasteiger partial charge in [-0.2, -0.15) is 0 Å². The molecule has 2 fully saturated rings. The molecule has 2 aliphatic heterocycles. The fourth-order valence-electron chi connectivity index (χ4n) is 5.02. The Bertz CT molecular complexity index is 1110. The van der Waals surface area contributed by atoms with Crippen molar-refractivity contribution in [3.05, 3.63) is 71.9 Å². The molecule has 3 atom stereocenters. The molecule has 1 aromatic carbocycles. The Hall–Kier alpha value is -3.35. The van der Waals surface area contributed by atoms with Gasteiger partial charge in [0.05, 0.1) is 18.4 Å². The van der Waals surface area contributed by atoms with Crippen LogP contribution in [0.5, 0.6) is 5.88 Å². The molecule has 7 heteroatoms. The zero-order valence-electron chi connectivity index (χ0n) is 17.9. The van der Waals surface area contributed by atoms with Crippen LogP contribution in [0.2, 0.25) is 0 Å². The highest BCUT2D eigenvalue weighted by Crippen LogP contribution is 2.41. The molecule has 1 unspecified atom stereocenters. The average molecular weight is 432 g/mol. The van der Waals surface area contributed by atoms with Crippen LogP contribution in [0.15, 0.2) is 55.0 Å². The third kappa shape index (κ3) is 3.95. The number of fused-ring (bicyclic) bond motifs is 2. The summed E-state index contributed by atoms with van der Waals surface area (Å²) in [7, 11) is 0. The predicted octanol–water partition coefficient (Wildman–Crippen LogP) is 4.45. The summed E-state index contributed by atoms with van der Waals surface area (Å²) in [5.74, 6) is 0.829. The molecule has 32 heavy (non-hydrogen) atoms. The summed E-state index contributed by atoms with van der Waals surface area (Å²) in [4.78, 5) is 28.6. The molecular weight excluding hydrogens is 407 g/mol. The van der Waals surface area contributed by atoms with Crippen LogP contribution in [-0.2, 0) is 0 Å². The summed E-state index contributed by atoms with van der Waals surface area (Å²) < 4.78 is 19.0. The molecule has 0 spiro atoms. The maximum Gasteiger partial charge on any atom is 0.255 e. The van der Waals surface area contributed by atoms with Crippen molar-refractivity contribution in [2.24, 2.45) is 5.92 Å². The van der Waals surface area contributed by atoms with E-state index >= 15 is 0 Å². The van der Waals surface area contributed by atoms with Crippen LogP contribution in [-0.4, -0.2) is 44.4 Å². The third-order valence-corrected chi connectivity index (χ3v) is 6.55. The molecular formula is C25H25FN4O2. The number of halogens is 1. The van der Waals surface area contributed by atoms with Gasteiger partial charge in [-0.15, -0.1) is 0 Å². The number of aromatic nitrogens is 3. The van der Waals surface area contributed by atoms with E-state index in [0.29, 0.717) is 23.9 Å². The van der Waals surface area contributed by atoms with Gasteiger partial charge < -0.3 is 9.64 Å². The minimum atomic E-state index is -0.387. The zero-order valence-corrected chi connectivity index (χ0v) is 17.9. The van der Waals surface area contributed by atoms with Gasteiger partial charge in [0.15, 0.2) is 5.82 Å². The normalized spacial score (nSPS) is 22.1. The molecule has 0 saturated carbocycles. The molecule has 2 aromatic heterocycles. The van der Waals surface area contributed by atoms with E-state index in [2.05, 4.69) is 19.9 Å². The number of benzene rings is 1. The van der Waals surface area contributed by atoms with E-state index in [1.54, 1.807) is 18.5 Å². The molecule has 6 nitrogen and oxygen atoms in total. The number of hydrogen-bond donors (Lipinski definition) is 0. The Morgan fingerprint density at radius 3 is 2.69 bits per heavy atom. The Balaban J connectivity index is 1.39. The number of rotatable bonds is 5. The summed E-state index contributed by atoms with van der Waals surface area (Å²) in [6.07, 6.45) is 8.46. The standard InChI is InChI=1S/C25H25FN4O2/c1-16-3-8-20(24-27-11-2-12-28-24)21(13-16)25(31)30-19-6-4-17(22(30)9-7-19)15-32-23-10-5-18(26)14-29-23/h2-3,5,8,10-14,17,19,22H,4,6-7,9,15H2,1H3/t17-,19?,22+/m1/s1. The van der Waals surface area contributed by atoms with Crippen LogP contribution in [0, 0.1) is 18.7 Å². The SMILES string of the molecule is Cc1ccc(-c2ncccn2)c(C(=O)N2C3CC[C@H](COc4ccc(F)cn4)[C@@H]2CC3)c1. The van der Waals surface area contributed by atoms with Crippen LogP contribution >= 0.6 is 0 Å². The first-order valence-corrected chi connectivity index (χ1v) is 11.0.